The van der Waals surface area contributed by atoms with Crippen LogP contribution in [0, 0.1) is 5.82 Å². The van der Waals surface area contributed by atoms with Crippen LogP contribution >= 0.6 is 28.1 Å². The summed E-state index contributed by atoms with van der Waals surface area (Å²) in [6.07, 6.45) is 1.02. The van der Waals surface area contributed by atoms with E-state index in [4.69, 9.17) is 18.0 Å². The summed E-state index contributed by atoms with van der Waals surface area (Å²) >= 11 is 8.20. The first-order valence-electron chi connectivity index (χ1n) is 6.64. The fourth-order valence-electron chi connectivity index (χ4n) is 2.68. The number of rotatable bonds is 2. The van der Waals surface area contributed by atoms with Gasteiger partial charge in [0.05, 0.1) is 10.2 Å². The van der Waals surface area contributed by atoms with E-state index in [0.717, 1.165) is 26.1 Å². The Balaban J connectivity index is 2.37. The maximum Gasteiger partial charge on any atom is 0.161 e. The lowest BCUT2D eigenvalue weighted by Crippen LogP contribution is -2.38. The van der Waals surface area contributed by atoms with Crippen molar-refractivity contribution in [2.75, 3.05) is 31.6 Å². The van der Waals surface area contributed by atoms with E-state index in [1.807, 2.05) is 0 Å². The molecule has 1 fully saturated rings. The third-order valence-corrected chi connectivity index (χ3v) is 4.68. The van der Waals surface area contributed by atoms with Gasteiger partial charge in [-0.05, 0) is 55.0 Å². The van der Waals surface area contributed by atoms with Gasteiger partial charge in [0.2, 0.25) is 0 Å². The van der Waals surface area contributed by atoms with Gasteiger partial charge in [-0.15, -0.1) is 0 Å². The van der Waals surface area contributed by atoms with Gasteiger partial charge in [-0.25, -0.2) is 4.39 Å². The molecule has 20 heavy (non-hydrogen) atoms. The standard InChI is InChI=1S/C14H19BrFN3S/c1-9-8-18(2)6-3-7-19(9)11-5-4-10(14(17)20)12(15)13(11)16/h4-5,9H,3,6-8H2,1-2H3,(H2,17,20). The lowest BCUT2D eigenvalue weighted by Gasteiger charge is -2.31. The largest absolute Gasteiger partial charge is 0.389 e. The van der Waals surface area contributed by atoms with Crippen LogP contribution in [0.5, 0.6) is 0 Å². The van der Waals surface area contributed by atoms with Crippen LogP contribution < -0.4 is 10.6 Å². The van der Waals surface area contributed by atoms with Crippen molar-refractivity contribution in [1.82, 2.24) is 4.90 Å². The Bertz CT molecular complexity index is 523. The van der Waals surface area contributed by atoms with Crippen LogP contribution in [0.4, 0.5) is 10.1 Å². The molecule has 1 aromatic rings. The van der Waals surface area contributed by atoms with Crippen molar-refractivity contribution in [2.24, 2.45) is 5.73 Å². The zero-order valence-corrected chi connectivity index (χ0v) is 14.1. The van der Waals surface area contributed by atoms with E-state index >= 15 is 0 Å². The average Bonchev–Trinajstić information content (AvgIpc) is 2.53. The van der Waals surface area contributed by atoms with E-state index in [1.165, 1.54) is 0 Å². The average molecular weight is 360 g/mol. The van der Waals surface area contributed by atoms with Gasteiger partial charge in [-0.2, -0.15) is 0 Å². The number of benzene rings is 1. The van der Waals surface area contributed by atoms with E-state index in [1.54, 1.807) is 12.1 Å². The van der Waals surface area contributed by atoms with Crippen LogP contribution in [0.25, 0.3) is 0 Å². The van der Waals surface area contributed by atoms with Gasteiger partial charge >= 0.3 is 0 Å². The first-order chi connectivity index (χ1) is 9.41. The van der Waals surface area contributed by atoms with Crippen molar-refractivity contribution in [1.29, 1.82) is 0 Å². The molecule has 1 saturated heterocycles. The van der Waals surface area contributed by atoms with E-state index in [0.29, 0.717) is 15.7 Å². The summed E-state index contributed by atoms with van der Waals surface area (Å²) in [6.45, 7) is 4.93. The normalized spacial score (nSPS) is 20.8. The topological polar surface area (TPSA) is 32.5 Å². The summed E-state index contributed by atoms with van der Waals surface area (Å²) < 4.78 is 14.9. The minimum absolute atomic E-state index is 0.200. The molecule has 2 rings (SSSR count). The molecule has 0 aliphatic carbocycles. The van der Waals surface area contributed by atoms with E-state index in [-0.39, 0.29) is 16.8 Å². The molecule has 0 radical (unpaired) electrons. The van der Waals surface area contributed by atoms with Crippen molar-refractivity contribution in [3.8, 4) is 0 Å². The Kier molecular flexibility index (Phi) is 4.99. The first kappa shape index (κ1) is 15.7. The second-order valence-corrected chi connectivity index (χ2v) is 6.52. The molecule has 1 unspecified atom stereocenters. The molecule has 6 heteroatoms. The number of hydrogen-bond donors (Lipinski definition) is 1. The predicted molar refractivity (Wildman–Crippen MR) is 88.9 cm³/mol. The van der Waals surface area contributed by atoms with Gasteiger partial charge in [0.1, 0.15) is 4.99 Å². The molecule has 1 aliphatic heterocycles. The van der Waals surface area contributed by atoms with Crippen molar-refractivity contribution >= 4 is 38.8 Å². The summed E-state index contributed by atoms with van der Waals surface area (Å²) in [4.78, 5) is 4.60. The van der Waals surface area contributed by atoms with Gasteiger partial charge in [-0.1, -0.05) is 12.2 Å². The molecule has 3 nitrogen and oxygen atoms in total. The molecular weight excluding hydrogens is 341 g/mol. The van der Waals surface area contributed by atoms with E-state index in [9.17, 15) is 4.39 Å². The van der Waals surface area contributed by atoms with Crippen molar-refractivity contribution in [2.45, 2.75) is 19.4 Å². The molecular formula is C14H19BrFN3S. The number of nitrogens with zero attached hydrogens (tertiary/aromatic N) is 2. The summed E-state index contributed by atoms with van der Waals surface area (Å²) in [5.74, 6) is -0.285. The minimum Gasteiger partial charge on any atom is -0.389 e. The van der Waals surface area contributed by atoms with Crippen molar-refractivity contribution in [3.05, 3.63) is 28.0 Å². The maximum absolute atomic E-state index is 14.6. The highest BCUT2D eigenvalue weighted by molar-refractivity contribution is 9.10. The quantitative estimate of drug-likeness (QED) is 0.823. The lowest BCUT2D eigenvalue weighted by molar-refractivity contribution is 0.337. The smallest absolute Gasteiger partial charge is 0.161 e. The predicted octanol–water partition coefficient (Wildman–Crippen LogP) is 2.75. The Morgan fingerprint density at radius 3 is 2.80 bits per heavy atom. The molecule has 0 amide bonds. The highest BCUT2D eigenvalue weighted by Crippen LogP contribution is 2.31. The van der Waals surface area contributed by atoms with Gasteiger partial charge < -0.3 is 15.5 Å². The zero-order chi connectivity index (χ0) is 14.9. The van der Waals surface area contributed by atoms with Crippen LogP contribution in [0.3, 0.4) is 0 Å². The summed E-state index contributed by atoms with van der Waals surface area (Å²) in [7, 11) is 2.10. The number of halogens is 2. The monoisotopic (exact) mass is 359 g/mol. The van der Waals surface area contributed by atoms with Gasteiger partial charge in [0, 0.05) is 24.7 Å². The lowest BCUT2D eigenvalue weighted by atomic mass is 10.1. The fraction of sp³-hybridized carbons (Fsp3) is 0.500. The molecule has 0 bridgehead atoms. The molecule has 0 aromatic heterocycles. The van der Waals surface area contributed by atoms with Crippen LogP contribution in [0.15, 0.2) is 16.6 Å². The maximum atomic E-state index is 14.6. The minimum atomic E-state index is -0.285. The Morgan fingerprint density at radius 2 is 2.15 bits per heavy atom. The van der Waals surface area contributed by atoms with E-state index < -0.39 is 0 Å². The molecule has 0 saturated carbocycles. The molecule has 2 N–H and O–H groups in total. The number of thiocarbonyl (C=S) groups is 1. The molecule has 1 atom stereocenters. The molecule has 0 spiro atoms. The van der Waals surface area contributed by atoms with Gasteiger partial charge in [0.25, 0.3) is 0 Å². The van der Waals surface area contributed by atoms with E-state index in [2.05, 4.69) is 39.7 Å². The highest BCUT2D eigenvalue weighted by Gasteiger charge is 2.24. The number of anilines is 1. The Morgan fingerprint density at radius 1 is 1.45 bits per heavy atom. The number of hydrogen-bond acceptors (Lipinski definition) is 3. The highest BCUT2D eigenvalue weighted by atomic mass is 79.9. The molecule has 1 aromatic carbocycles. The number of likely N-dealkylation sites (N-methyl/N-ethyl adjacent to an activating group) is 1. The van der Waals surface area contributed by atoms with Crippen molar-refractivity contribution in [3.63, 3.8) is 0 Å². The van der Waals surface area contributed by atoms with Crippen LogP contribution in [0.1, 0.15) is 18.9 Å². The molecule has 1 aliphatic rings. The summed E-state index contributed by atoms with van der Waals surface area (Å²) in [6, 6.07) is 3.82. The number of nitrogens with two attached hydrogens (primary N) is 1. The fourth-order valence-corrected chi connectivity index (χ4v) is 3.53. The Labute approximate surface area is 133 Å². The van der Waals surface area contributed by atoms with Crippen molar-refractivity contribution < 1.29 is 4.39 Å². The third kappa shape index (κ3) is 3.13. The van der Waals surface area contributed by atoms with Gasteiger partial charge in [-0.3, -0.25) is 0 Å². The summed E-state index contributed by atoms with van der Waals surface area (Å²) in [5, 5.41) is 0. The molecule has 1 heterocycles. The second kappa shape index (κ2) is 6.37. The summed E-state index contributed by atoms with van der Waals surface area (Å²) in [5.41, 5.74) is 6.75. The SMILES string of the molecule is CC1CN(C)CCCN1c1ccc(C(N)=S)c(Br)c1F. The zero-order valence-electron chi connectivity index (χ0n) is 11.7. The molecule has 110 valence electrons. The first-order valence-corrected chi connectivity index (χ1v) is 7.85. The second-order valence-electron chi connectivity index (χ2n) is 5.28. The van der Waals surface area contributed by atoms with Crippen LogP contribution in [-0.4, -0.2) is 42.6 Å². The third-order valence-electron chi connectivity index (χ3n) is 3.68. The van der Waals surface area contributed by atoms with Crippen LogP contribution in [0.2, 0.25) is 0 Å². The van der Waals surface area contributed by atoms with Gasteiger partial charge in [0.15, 0.2) is 5.82 Å². The Hall–Kier alpha value is -0.720. The van der Waals surface area contributed by atoms with Crippen LogP contribution in [-0.2, 0) is 0 Å².